The van der Waals surface area contributed by atoms with Crippen molar-refractivity contribution in [3.05, 3.63) is 52.1 Å². The Morgan fingerprint density at radius 3 is 2.81 bits per heavy atom. The number of aromatic hydroxyl groups is 1. The van der Waals surface area contributed by atoms with Crippen LogP contribution in [0.4, 0.5) is 5.69 Å². The van der Waals surface area contributed by atoms with E-state index in [4.69, 9.17) is 14.2 Å². The summed E-state index contributed by atoms with van der Waals surface area (Å²) < 4.78 is 15.8. The number of para-hydroxylation sites is 2. The van der Waals surface area contributed by atoms with Crippen LogP contribution >= 0.6 is 0 Å². The summed E-state index contributed by atoms with van der Waals surface area (Å²) in [4.78, 5) is 22.7. The zero-order chi connectivity index (χ0) is 19.4. The molecule has 0 saturated heterocycles. The molecule has 27 heavy (non-hydrogen) atoms. The molecule has 3 rings (SSSR count). The van der Waals surface area contributed by atoms with Crippen molar-refractivity contribution in [3.8, 4) is 23.0 Å². The van der Waals surface area contributed by atoms with Crippen molar-refractivity contribution < 1.29 is 29.0 Å². The SMILES string of the molecule is COc1c(O)ccc(/C=N/NC(=O)[C@@H]2COc3ccccc3O2)c1[N+](=O)[O-]. The summed E-state index contributed by atoms with van der Waals surface area (Å²) in [6, 6.07) is 9.43. The number of nitro benzene ring substituents is 1. The van der Waals surface area contributed by atoms with E-state index in [0.29, 0.717) is 11.5 Å². The lowest BCUT2D eigenvalue weighted by atomic mass is 10.1. The third-order valence-electron chi connectivity index (χ3n) is 3.71. The number of nitrogens with one attached hydrogen (secondary N) is 1. The molecule has 2 aromatic rings. The van der Waals surface area contributed by atoms with Crippen LogP contribution in [0.2, 0.25) is 0 Å². The highest BCUT2D eigenvalue weighted by Gasteiger charge is 2.27. The van der Waals surface area contributed by atoms with E-state index in [2.05, 4.69) is 10.5 Å². The highest BCUT2D eigenvalue weighted by molar-refractivity contribution is 5.90. The number of carbonyl (C=O) groups is 1. The normalized spacial score (nSPS) is 15.4. The Morgan fingerprint density at radius 1 is 1.37 bits per heavy atom. The maximum absolute atomic E-state index is 12.2. The van der Waals surface area contributed by atoms with Crippen molar-refractivity contribution in [2.45, 2.75) is 6.10 Å². The number of nitrogens with zero attached hydrogens (tertiary/aromatic N) is 2. The van der Waals surface area contributed by atoms with Crippen molar-refractivity contribution >= 4 is 17.8 Å². The number of rotatable bonds is 5. The van der Waals surface area contributed by atoms with Gasteiger partial charge >= 0.3 is 5.69 Å². The van der Waals surface area contributed by atoms with Gasteiger partial charge in [-0.25, -0.2) is 5.43 Å². The van der Waals surface area contributed by atoms with E-state index in [1.165, 1.54) is 19.2 Å². The first-order chi connectivity index (χ1) is 13.0. The van der Waals surface area contributed by atoms with Gasteiger partial charge in [0.15, 0.2) is 17.2 Å². The van der Waals surface area contributed by atoms with Crippen LogP contribution in [0, 0.1) is 10.1 Å². The summed E-state index contributed by atoms with van der Waals surface area (Å²) >= 11 is 0. The zero-order valence-electron chi connectivity index (χ0n) is 14.1. The van der Waals surface area contributed by atoms with Crippen LogP contribution in [0.5, 0.6) is 23.0 Å². The van der Waals surface area contributed by atoms with Gasteiger partial charge in [-0.15, -0.1) is 0 Å². The van der Waals surface area contributed by atoms with E-state index in [1.807, 2.05) is 0 Å². The maximum Gasteiger partial charge on any atom is 0.323 e. The predicted molar refractivity (Wildman–Crippen MR) is 93.4 cm³/mol. The second kappa shape index (κ2) is 7.60. The molecule has 1 amide bonds. The molecule has 0 saturated carbocycles. The van der Waals surface area contributed by atoms with Gasteiger partial charge in [0.1, 0.15) is 6.61 Å². The highest BCUT2D eigenvalue weighted by Crippen LogP contribution is 2.38. The molecule has 10 nitrogen and oxygen atoms in total. The minimum Gasteiger partial charge on any atom is -0.504 e. The number of nitro groups is 1. The molecule has 1 heterocycles. The first-order valence-corrected chi connectivity index (χ1v) is 7.77. The lowest BCUT2D eigenvalue weighted by molar-refractivity contribution is -0.386. The van der Waals surface area contributed by atoms with E-state index in [0.717, 1.165) is 6.21 Å². The maximum atomic E-state index is 12.2. The zero-order valence-corrected chi connectivity index (χ0v) is 14.1. The van der Waals surface area contributed by atoms with Gasteiger partial charge in [-0.3, -0.25) is 14.9 Å². The Labute approximate surface area is 153 Å². The summed E-state index contributed by atoms with van der Waals surface area (Å²) in [6.07, 6.45) is 0.164. The van der Waals surface area contributed by atoms with E-state index in [-0.39, 0.29) is 23.7 Å². The van der Waals surface area contributed by atoms with Crippen molar-refractivity contribution in [2.75, 3.05) is 13.7 Å². The molecular formula is C17H15N3O7. The van der Waals surface area contributed by atoms with E-state index < -0.39 is 22.6 Å². The van der Waals surface area contributed by atoms with E-state index in [9.17, 15) is 20.0 Å². The number of benzene rings is 2. The molecule has 1 aliphatic heterocycles. The number of amides is 1. The summed E-state index contributed by atoms with van der Waals surface area (Å²) in [5, 5.41) is 24.6. The number of hydrogen-bond donors (Lipinski definition) is 2. The Bertz CT molecular complexity index is 913. The Morgan fingerprint density at radius 2 is 2.11 bits per heavy atom. The number of hydrogen-bond acceptors (Lipinski definition) is 8. The fraction of sp³-hybridized carbons (Fsp3) is 0.176. The molecule has 0 fully saturated rings. The van der Waals surface area contributed by atoms with Crippen LogP contribution in [0.3, 0.4) is 0 Å². The summed E-state index contributed by atoms with van der Waals surface area (Å²) in [7, 11) is 1.20. The minimum absolute atomic E-state index is 0.00550. The van der Waals surface area contributed by atoms with Gasteiger partial charge in [0.05, 0.1) is 23.8 Å². The molecule has 1 atom stereocenters. The van der Waals surface area contributed by atoms with Gasteiger partial charge in [-0.05, 0) is 24.3 Å². The molecule has 0 bridgehead atoms. The smallest absolute Gasteiger partial charge is 0.323 e. The number of hydrazone groups is 1. The number of carbonyl (C=O) groups excluding carboxylic acids is 1. The summed E-state index contributed by atoms with van der Waals surface area (Å²) in [6.45, 7) is 0.00550. The predicted octanol–water partition coefficient (Wildman–Crippen LogP) is 1.60. The van der Waals surface area contributed by atoms with Gasteiger partial charge in [0.25, 0.3) is 5.91 Å². The quantitative estimate of drug-likeness (QED) is 0.462. The lowest BCUT2D eigenvalue weighted by Crippen LogP contribution is -2.42. The Hall–Kier alpha value is -3.82. The van der Waals surface area contributed by atoms with Crippen LogP contribution < -0.4 is 19.6 Å². The fourth-order valence-electron chi connectivity index (χ4n) is 2.46. The minimum atomic E-state index is -0.915. The van der Waals surface area contributed by atoms with Crippen molar-refractivity contribution in [1.82, 2.24) is 5.43 Å². The van der Waals surface area contributed by atoms with Gasteiger partial charge < -0.3 is 19.3 Å². The second-order valence-corrected chi connectivity index (χ2v) is 5.41. The van der Waals surface area contributed by atoms with Crippen LogP contribution in [-0.2, 0) is 4.79 Å². The summed E-state index contributed by atoms with van der Waals surface area (Å²) in [5.41, 5.74) is 1.82. The molecule has 2 aromatic carbocycles. The van der Waals surface area contributed by atoms with Gasteiger partial charge in [0, 0.05) is 0 Å². The Balaban J connectivity index is 1.71. The molecular weight excluding hydrogens is 358 g/mol. The molecule has 0 spiro atoms. The highest BCUT2D eigenvalue weighted by atomic mass is 16.6. The molecule has 0 aromatic heterocycles. The fourth-order valence-corrected chi connectivity index (χ4v) is 2.46. The molecule has 10 heteroatoms. The summed E-state index contributed by atoms with van der Waals surface area (Å²) in [5.74, 6) is -0.273. The molecule has 0 radical (unpaired) electrons. The monoisotopic (exact) mass is 373 g/mol. The molecule has 2 N–H and O–H groups in total. The van der Waals surface area contributed by atoms with Crippen molar-refractivity contribution in [3.63, 3.8) is 0 Å². The molecule has 140 valence electrons. The van der Waals surface area contributed by atoms with Crippen LogP contribution in [0.15, 0.2) is 41.5 Å². The molecule has 0 aliphatic carbocycles. The topological polar surface area (TPSA) is 133 Å². The van der Waals surface area contributed by atoms with Gasteiger partial charge in [-0.1, -0.05) is 12.1 Å². The van der Waals surface area contributed by atoms with Gasteiger partial charge in [-0.2, -0.15) is 5.10 Å². The van der Waals surface area contributed by atoms with Crippen LogP contribution in [0.1, 0.15) is 5.56 Å². The average Bonchev–Trinajstić information content (AvgIpc) is 2.68. The second-order valence-electron chi connectivity index (χ2n) is 5.41. The average molecular weight is 373 g/mol. The first kappa shape index (κ1) is 18.0. The third-order valence-corrected chi connectivity index (χ3v) is 3.71. The van der Waals surface area contributed by atoms with Crippen LogP contribution in [0.25, 0.3) is 0 Å². The lowest BCUT2D eigenvalue weighted by Gasteiger charge is -2.24. The number of phenolic OH excluding ortho intramolecular Hbond substituents is 1. The van der Waals surface area contributed by atoms with E-state index in [1.54, 1.807) is 24.3 Å². The van der Waals surface area contributed by atoms with Crippen LogP contribution in [-0.4, -0.2) is 42.0 Å². The van der Waals surface area contributed by atoms with Crippen molar-refractivity contribution in [2.24, 2.45) is 5.10 Å². The molecule has 0 unspecified atom stereocenters. The number of phenols is 1. The standard InChI is InChI=1S/C17H15N3O7/c1-25-16-11(21)7-6-10(15(16)20(23)24)8-18-19-17(22)14-9-26-12-4-2-3-5-13(12)27-14/h2-8,14,21H,9H2,1H3,(H,19,22)/b18-8+/t14-/m0/s1. The largest absolute Gasteiger partial charge is 0.504 e. The Kier molecular flexibility index (Phi) is 5.06. The molecule has 1 aliphatic rings. The van der Waals surface area contributed by atoms with E-state index >= 15 is 0 Å². The van der Waals surface area contributed by atoms with Gasteiger partial charge in [0.2, 0.25) is 11.9 Å². The van der Waals surface area contributed by atoms with Crippen molar-refractivity contribution in [1.29, 1.82) is 0 Å². The first-order valence-electron chi connectivity index (χ1n) is 7.77. The third kappa shape index (κ3) is 3.73. The number of methoxy groups -OCH3 is 1. The number of ether oxygens (including phenoxy) is 3. The number of fused-ring (bicyclic) bond motifs is 1.